The standard InChI is InChI=1S/C7H13OS.CHF3O3S/c8-6-3-5-9-4-1-2-7(6)9;2-1(3,4)8(5,6)7/h6-8H,1-5H2;(H,5,6,7)/q+1;/p-1. The Bertz CT molecular complexity index is 354. The van der Waals surface area contributed by atoms with Crippen LogP contribution in [-0.4, -0.2) is 46.4 Å². The van der Waals surface area contributed by atoms with E-state index in [1.165, 1.54) is 24.3 Å². The summed E-state index contributed by atoms with van der Waals surface area (Å²) in [5, 5.41) is 10.1. The zero-order chi connectivity index (χ0) is 13.3. The molecule has 2 aliphatic heterocycles. The Labute approximate surface area is 100 Å². The van der Waals surface area contributed by atoms with Crippen molar-refractivity contribution in [1.29, 1.82) is 0 Å². The van der Waals surface area contributed by atoms with E-state index < -0.39 is 15.6 Å². The molecule has 2 fully saturated rings. The third kappa shape index (κ3) is 4.01. The molecule has 2 rings (SSSR count). The zero-order valence-electron chi connectivity index (χ0n) is 8.81. The Balaban J connectivity index is 0.000000172. The highest BCUT2D eigenvalue weighted by atomic mass is 32.2. The van der Waals surface area contributed by atoms with Gasteiger partial charge in [-0.05, 0) is 17.3 Å². The molecule has 2 saturated heterocycles. The first-order valence-corrected chi connectivity index (χ1v) is 8.03. The lowest BCUT2D eigenvalue weighted by Crippen LogP contribution is -2.21. The molecule has 0 aromatic rings. The number of rotatable bonds is 0. The van der Waals surface area contributed by atoms with Gasteiger partial charge in [0.05, 0.1) is 0 Å². The van der Waals surface area contributed by atoms with Gasteiger partial charge in [0.25, 0.3) is 0 Å². The van der Waals surface area contributed by atoms with Gasteiger partial charge in [-0.1, -0.05) is 0 Å². The van der Waals surface area contributed by atoms with Crippen molar-refractivity contribution in [3.05, 3.63) is 0 Å². The van der Waals surface area contributed by atoms with Crippen LogP contribution in [0, 0.1) is 0 Å². The molecule has 102 valence electrons. The second-order valence-corrected chi connectivity index (χ2v) is 7.75. The van der Waals surface area contributed by atoms with Gasteiger partial charge >= 0.3 is 5.51 Å². The van der Waals surface area contributed by atoms with Crippen LogP contribution >= 0.6 is 0 Å². The van der Waals surface area contributed by atoms with Crippen molar-refractivity contribution in [2.75, 3.05) is 11.5 Å². The molecule has 4 nitrogen and oxygen atoms in total. The second kappa shape index (κ2) is 5.33. The first-order valence-electron chi connectivity index (χ1n) is 4.99. The molecule has 0 radical (unpaired) electrons. The maximum absolute atomic E-state index is 10.7. The number of halogens is 3. The lowest BCUT2D eigenvalue weighted by atomic mass is 10.1. The molecular weight excluding hydrogens is 281 g/mol. The lowest BCUT2D eigenvalue weighted by Gasteiger charge is -2.08. The van der Waals surface area contributed by atoms with Gasteiger partial charge in [-0.15, -0.1) is 0 Å². The van der Waals surface area contributed by atoms with E-state index in [9.17, 15) is 18.3 Å². The maximum atomic E-state index is 10.7. The summed E-state index contributed by atoms with van der Waals surface area (Å²) in [4.78, 5) is 0. The van der Waals surface area contributed by atoms with Crippen LogP contribution < -0.4 is 0 Å². The number of alkyl halides is 3. The number of aliphatic hydroxyl groups is 1. The van der Waals surface area contributed by atoms with E-state index in [0.29, 0.717) is 10.9 Å². The molecule has 0 spiro atoms. The molecule has 0 saturated carbocycles. The van der Waals surface area contributed by atoms with Crippen LogP contribution in [0.3, 0.4) is 0 Å². The van der Waals surface area contributed by atoms with Crippen LogP contribution in [0.5, 0.6) is 0 Å². The minimum atomic E-state index is -6.09. The Hall–Kier alpha value is 0.01000. The molecule has 0 amide bonds. The summed E-state index contributed by atoms with van der Waals surface area (Å²) in [5.74, 6) is 2.74. The van der Waals surface area contributed by atoms with Gasteiger partial charge in [0.2, 0.25) is 0 Å². The molecular formula is C8H13F3O4S2. The average molecular weight is 294 g/mol. The summed E-state index contributed by atoms with van der Waals surface area (Å²) in [6.45, 7) is 0. The fourth-order valence-electron chi connectivity index (χ4n) is 1.91. The second-order valence-electron chi connectivity index (χ2n) is 3.88. The highest BCUT2D eigenvalue weighted by molar-refractivity contribution is 7.98. The van der Waals surface area contributed by atoms with Gasteiger partial charge in [-0.2, -0.15) is 13.2 Å². The van der Waals surface area contributed by atoms with E-state index in [-0.39, 0.29) is 6.10 Å². The summed E-state index contributed by atoms with van der Waals surface area (Å²) in [5.41, 5.74) is -5.65. The van der Waals surface area contributed by atoms with Gasteiger partial charge < -0.3 is 9.66 Å². The van der Waals surface area contributed by atoms with Gasteiger partial charge in [0.1, 0.15) is 22.9 Å². The third-order valence-electron chi connectivity index (χ3n) is 2.71. The Morgan fingerprint density at radius 2 is 1.76 bits per heavy atom. The minimum absolute atomic E-state index is 0.0795. The van der Waals surface area contributed by atoms with Gasteiger partial charge in [0, 0.05) is 12.8 Å². The van der Waals surface area contributed by atoms with Crippen molar-refractivity contribution in [3.8, 4) is 0 Å². The Kier molecular flexibility index (Phi) is 4.73. The van der Waals surface area contributed by atoms with Crippen LogP contribution in [0.2, 0.25) is 0 Å². The van der Waals surface area contributed by atoms with E-state index in [1.807, 2.05) is 0 Å². The number of fused-ring (bicyclic) bond motifs is 1. The van der Waals surface area contributed by atoms with Crippen LogP contribution in [0.4, 0.5) is 13.2 Å². The van der Waals surface area contributed by atoms with Crippen molar-refractivity contribution in [1.82, 2.24) is 0 Å². The number of aliphatic hydroxyl groups excluding tert-OH is 1. The molecule has 3 atom stereocenters. The summed E-state index contributed by atoms with van der Waals surface area (Å²) >= 11 is 0. The fourth-order valence-corrected chi connectivity index (χ4v) is 4.89. The molecule has 2 heterocycles. The summed E-state index contributed by atoms with van der Waals surface area (Å²) < 4.78 is 58.9. The highest BCUT2D eigenvalue weighted by Crippen LogP contribution is 2.32. The predicted octanol–water partition coefficient (Wildman–Crippen LogP) is 0.583. The minimum Gasteiger partial charge on any atom is -0.741 e. The number of hydrogen-bond donors (Lipinski definition) is 1. The third-order valence-corrected chi connectivity index (χ3v) is 6.26. The van der Waals surface area contributed by atoms with E-state index in [0.717, 1.165) is 11.7 Å². The quantitative estimate of drug-likeness (QED) is 0.403. The molecule has 0 aromatic heterocycles. The molecule has 9 heteroatoms. The number of hydrogen-bond acceptors (Lipinski definition) is 4. The predicted molar refractivity (Wildman–Crippen MR) is 56.5 cm³/mol. The smallest absolute Gasteiger partial charge is 0.485 e. The van der Waals surface area contributed by atoms with Crippen molar-refractivity contribution in [3.63, 3.8) is 0 Å². The van der Waals surface area contributed by atoms with E-state index in [4.69, 9.17) is 13.0 Å². The molecule has 0 aromatic carbocycles. The largest absolute Gasteiger partial charge is 0.741 e. The van der Waals surface area contributed by atoms with E-state index in [1.54, 1.807) is 0 Å². The van der Waals surface area contributed by atoms with E-state index in [2.05, 4.69) is 0 Å². The SMILES string of the molecule is O=S(=O)([O-])C(F)(F)F.OC1CC[S+]2CCCC12. The van der Waals surface area contributed by atoms with Crippen LogP contribution in [0.25, 0.3) is 0 Å². The Morgan fingerprint density at radius 1 is 1.24 bits per heavy atom. The maximum Gasteiger partial charge on any atom is 0.485 e. The van der Waals surface area contributed by atoms with Gasteiger partial charge in [-0.25, -0.2) is 8.42 Å². The fraction of sp³-hybridized carbons (Fsp3) is 1.00. The molecule has 17 heavy (non-hydrogen) atoms. The molecule has 0 aliphatic carbocycles. The van der Waals surface area contributed by atoms with Crippen LogP contribution in [0.15, 0.2) is 0 Å². The molecule has 2 aliphatic rings. The summed E-state index contributed by atoms with van der Waals surface area (Å²) in [7, 11) is -5.44. The highest BCUT2D eigenvalue weighted by Gasteiger charge is 2.46. The zero-order valence-corrected chi connectivity index (χ0v) is 10.4. The topological polar surface area (TPSA) is 77.4 Å². The first-order chi connectivity index (χ1) is 7.63. The van der Waals surface area contributed by atoms with Crippen LogP contribution in [-0.2, 0) is 21.0 Å². The van der Waals surface area contributed by atoms with Crippen molar-refractivity contribution in [2.45, 2.75) is 36.1 Å². The van der Waals surface area contributed by atoms with Gasteiger partial charge in [0.15, 0.2) is 10.1 Å². The normalized spacial score (nSPS) is 32.9. The van der Waals surface area contributed by atoms with Crippen LogP contribution in [0.1, 0.15) is 19.3 Å². The lowest BCUT2D eigenvalue weighted by molar-refractivity contribution is -0.0517. The van der Waals surface area contributed by atoms with Crippen molar-refractivity contribution >= 4 is 21.0 Å². The summed E-state index contributed by atoms with van der Waals surface area (Å²) in [6.07, 6.45) is 3.86. The molecule has 1 N–H and O–H groups in total. The summed E-state index contributed by atoms with van der Waals surface area (Å²) in [6, 6.07) is 0. The molecule has 3 unspecified atom stereocenters. The Morgan fingerprint density at radius 3 is 2.18 bits per heavy atom. The monoisotopic (exact) mass is 294 g/mol. The van der Waals surface area contributed by atoms with E-state index >= 15 is 0 Å². The van der Waals surface area contributed by atoms with Crippen molar-refractivity contribution < 1.29 is 31.2 Å². The molecule has 0 bridgehead atoms. The van der Waals surface area contributed by atoms with Crippen molar-refractivity contribution in [2.24, 2.45) is 0 Å². The first kappa shape index (κ1) is 15.1. The average Bonchev–Trinajstić information content (AvgIpc) is 2.69. The van der Waals surface area contributed by atoms with Gasteiger partial charge in [-0.3, -0.25) is 0 Å².